The molecule has 0 radical (unpaired) electrons. The molecule has 3 rings (SSSR count). The lowest BCUT2D eigenvalue weighted by Crippen LogP contribution is -2.36. The van der Waals surface area contributed by atoms with E-state index in [-0.39, 0.29) is 24.3 Å². The number of carbonyl (C=O) groups is 2. The number of benzene rings is 1. The highest BCUT2D eigenvalue weighted by Gasteiger charge is 2.22. The van der Waals surface area contributed by atoms with E-state index in [0.29, 0.717) is 18.0 Å². The van der Waals surface area contributed by atoms with E-state index < -0.39 is 0 Å². The third-order valence-electron chi connectivity index (χ3n) is 4.10. The third kappa shape index (κ3) is 5.27. The summed E-state index contributed by atoms with van der Waals surface area (Å²) < 4.78 is 4.90. The molecule has 2 N–H and O–H groups in total. The molecule has 0 aliphatic rings. The van der Waals surface area contributed by atoms with Crippen molar-refractivity contribution in [2.24, 2.45) is 0 Å². The van der Waals surface area contributed by atoms with Crippen LogP contribution in [0.25, 0.3) is 0 Å². The lowest BCUT2D eigenvalue weighted by Gasteiger charge is -2.17. The minimum atomic E-state index is -0.355. The molecule has 2 heterocycles. The summed E-state index contributed by atoms with van der Waals surface area (Å²) in [6.45, 7) is 3.62. The summed E-state index contributed by atoms with van der Waals surface area (Å²) in [5.41, 5.74) is 2.07. The van der Waals surface area contributed by atoms with Gasteiger partial charge in [0, 0.05) is 10.9 Å². The summed E-state index contributed by atoms with van der Waals surface area (Å²) in [5, 5.41) is 11.0. The van der Waals surface area contributed by atoms with E-state index >= 15 is 0 Å². The zero-order chi connectivity index (χ0) is 19.2. The highest BCUT2D eigenvalue weighted by atomic mass is 32.1. The smallest absolute Gasteiger partial charge is 0.245 e. The fraction of sp³-hybridized carbons (Fsp3) is 0.250. The number of hydrogen-bond donors (Lipinski definition) is 2. The Bertz CT molecular complexity index is 901. The SMILES string of the molecule is Cc1ccc(C(Cc2cccs2)C(=O)NCC(=O)Nc2cc(C)on2)cc1. The third-order valence-corrected chi connectivity index (χ3v) is 5.00. The highest BCUT2D eigenvalue weighted by molar-refractivity contribution is 7.09. The number of nitrogens with zero attached hydrogens (tertiary/aromatic N) is 1. The molecule has 3 aromatic rings. The van der Waals surface area contributed by atoms with Crippen LogP contribution in [-0.2, 0) is 16.0 Å². The van der Waals surface area contributed by atoms with Gasteiger partial charge in [-0.2, -0.15) is 0 Å². The van der Waals surface area contributed by atoms with Gasteiger partial charge >= 0.3 is 0 Å². The van der Waals surface area contributed by atoms with Crippen molar-refractivity contribution in [2.45, 2.75) is 26.2 Å². The lowest BCUT2D eigenvalue weighted by molar-refractivity contribution is -0.125. The first-order chi connectivity index (χ1) is 13.0. The van der Waals surface area contributed by atoms with Crippen LogP contribution in [0.15, 0.2) is 52.4 Å². The lowest BCUT2D eigenvalue weighted by atomic mass is 9.93. The van der Waals surface area contributed by atoms with Crippen LogP contribution in [0, 0.1) is 13.8 Å². The number of rotatable bonds is 7. The van der Waals surface area contributed by atoms with E-state index in [9.17, 15) is 9.59 Å². The maximum absolute atomic E-state index is 12.8. The predicted molar refractivity (Wildman–Crippen MR) is 105 cm³/mol. The summed E-state index contributed by atoms with van der Waals surface area (Å²) >= 11 is 1.62. The Morgan fingerprint density at radius 1 is 1.19 bits per heavy atom. The minimum Gasteiger partial charge on any atom is -0.360 e. The van der Waals surface area contributed by atoms with Gasteiger partial charge in [0.2, 0.25) is 11.8 Å². The van der Waals surface area contributed by atoms with Gasteiger partial charge in [-0.25, -0.2) is 0 Å². The monoisotopic (exact) mass is 383 g/mol. The molecule has 1 aromatic carbocycles. The highest BCUT2D eigenvalue weighted by Crippen LogP contribution is 2.24. The maximum Gasteiger partial charge on any atom is 0.245 e. The van der Waals surface area contributed by atoms with E-state index in [4.69, 9.17) is 4.52 Å². The zero-order valence-corrected chi connectivity index (χ0v) is 16.0. The van der Waals surface area contributed by atoms with E-state index in [2.05, 4.69) is 15.8 Å². The molecule has 0 spiro atoms. The zero-order valence-electron chi connectivity index (χ0n) is 15.2. The number of hydrogen-bond acceptors (Lipinski definition) is 5. The van der Waals surface area contributed by atoms with E-state index in [1.165, 1.54) is 0 Å². The Balaban J connectivity index is 1.65. The molecule has 6 nitrogen and oxygen atoms in total. The molecule has 140 valence electrons. The van der Waals surface area contributed by atoms with Crippen molar-refractivity contribution in [3.8, 4) is 0 Å². The average Bonchev–Trinajstić information content (AvgIpc) is 3.30. The average molecular weight is 383 g/mol. The minimum absolute atomic E-state index is 0.127. The number of amides is 2. The molecule has 0 saturated heterocycles. The fourth-order valence-corrected chi connectivity index (χ4v) is 3.45. The van der Waals surface area contributed by atoms with E-state index in [0.717, 1.165) is 16.0 Å². The molecule has 0 fully saturated rings. The summed E-state index contributed by atoms with van der Waals surface area (Å²) in [4.78, 5) is 26.0. The Morgan fingerprint density at radius 3 is 2.59 bits per heavy atom. The maximum atomic E-state index is 12.8. The molecular formula is C20H21N3O3S. The Kier molecular flexibility index (Phi) is 6.03. The molecule has 1 atom stereocenters. The van der Waals surface area contributed by atoms with Crippen LogP contribution in [-0.4, -0.2) is 23.5 Å². The molecule has 0 aliphatic heterocycles. The number of anilines is 1. The largest absolute Gasteiger partial charge is 0.360 e. The molecular weight excluding hydrogens is 362 g/mol. The molecule has 1 unspecified atom stereocenters. The van der Waals surface area contributed by atoms with Gasteiger partial charge in [-0.3, -0.25) is 9.59 Å². The second-order valence-electron chi connectivity index (χ2n) is 6.34. The molecule has 0 bridgehead atoms. The Labute approximate surface area is 161 Å². The predicted octanol–water partition coefficient (Wildman–Crippen LogP) is 3.43. The quantitative estimate of drug-likeness (QED) is 0.655. The van der Waals surface area contributed by atoms with Crippen molar-refractivity contribution >= 4 is 29.0 Å². The van der Waals surface area contributed by atoms with Crippen LogP contribution in [0.2, 0.25) is 0 Å². The summed E-state index contributed by atoms with van der Waals surface area (Å²) in [7, 11) is 0. The molecule has 2 aromatic heterocycles. The van der Waals surface area contributed by atoms with Crippen LogP contribution < -0.4 is 10.6 Å². The Hall–Kier alpha value is -2.93. The topological polar surface area (TPSA) is 84.2 Å². The molecule has 0 saturated carbocycles. The van der Waals surface area contributed by atoms with Gasteiger partial charge in [0.25, 0.3) is 0 Å². The summed E-state index contributed by atoms with van der Waals surface area (Å²) in [6, 6.07) is 13.5. The molecule has 0 aliphatic carbocycles. The van der Waals surface area contributed by atoms with Crippen molar-refractivity contribution in [1.82, 2.24) is 10.5 Å². The standard InChI is InChI=1S/C20H21N3O3S/c1-13-5-7-15(8-6-13)17(11-16-4-3-9-27-16)20(25)21-12-19(24)22-18-10-14(2)26-23-18/h3-10,17H,11-12H2,1-2H3,(H,21,25)(H,22,23,24). The van der Waals surface area contributed by atoms with Crippen molar-refractivity contribution < 1.29 is 14.1 Å². The van der Waals surface area contributed by atoms with Gasteiger partial charge < -0.3 is 15.2 Å². The van der Waals surface area contributed by atoms with Gasteiger partial charge in [0.15, 0.2) is 5.82 Å². The van der Waals surface area contributed by atoms with E-state index in [1.807, 2.05) is 48.7 Å². The van der Waals surface area contributed by atoms with Gasteiger partial charge in [0.05, 0.1) is 12.5 Å². The van der Waals surface area contributed by atoms with Crippen LogP contribution in [0.4, 0.5) is 5.82 Å². The van der Waals surface area contributed by atoms with Gasteiger partial charge in [-0.15, -0.1) is 11.3 Å². The van der Waals surface area contributed by atoms with Crippen molar-refractivity contribution in [3.05, 3.63) is 69.6 Å². The first-order valence-electron chi connectivity index (χ1n) is 8.61. The normalized spacial score (nSPS) is 11.8. The molecule has 7 heteroatoms. The summed E-state index contributed by atoms with van der Waals surface area (Å²) in [5.74, 6) is 0.0469. The second kappa shape index (κ2) is 8.64. The van der Waals surface area contributed by atoms with Crippen molar-refractivity contribution in [1.29, 1.82) is 0 Å². The van der Waals surface area contributed by atoms with Gasteiger partial charge in [-0.05, 0) is 37.3 Å². The van der Waals surface area contributed by atoms with Crippen LogP contribution in [0.5, 0.6) is 0 Å². The first-order valence-corrected chi connectivity index (χ1v) is 9.49. The molecule has 27 heavy (non-hydrogen) atoms. The first kappa shape index (κ1) is 18.8. The second-order valence-corrected chi connectivity index (χ2v) is 7.37. The summed E-state index contributed by atoms with van der Waals surface area (Å²) in [6.07, 6.45) is 0.594. The molecule has 2 amide bonds. The number of aromatic nitrogens is 1. The van der Waals surface area contributed by atoms with Crippen LogP contribution in [0.3, 0.4) is 0 Å². The van der Waals surface area contributed by atoms with Crippen molar-refractivity contribution in [2.75, 3.05) is 11.9 Å². The fourth-order valence-electron chi connectivity index (χ4n) is 2.69. The van der Waals surface area contributed by atoms with Crippen molar-refractivity contribution in [3.63, 3.8) is 0 Å². The number of aryl methyl sites for hydroxylation is 2. The number of thiophene rings is 1. The van der Waals surface area contributed by atoms with Crippen LogP contribution in [0.1, 0.15) is 27.7 Å². The van der Waals surface area contributed by atoms with Gasteiger partial charge in [0.1, 0.15) is 5.76 Å². The van der Waals surface area contributed by atoms with Crippen LogP contribution >= 0.6 is 11.3 Å². The van der Waals surface area contributed by atoms with E-state index in [1.54, 1.807) is 24.3 Å². The Morgan fingerprint density at radius 2 is 1.96 bits per heavy atom. The van der Waals surface area contributed by atoms with Gasteiger partial charge in [-0.1, -0.05) is 41.1 Å². The number of carbonyl (C=O) groups excluding carboxylic acids is 2. The number of nitrogens with one attached hydrogen (secondary N) is 2.